The quantitative estimate of drug-likeness (QED) is 0.696. The number of hydrogen-bond acceptors (Lipinski definition) is 5. The van der Waals surface area contributed by atoms with E-state index in [2.05, 4.69) is 15.6 Å². The Bertz CT molecular complexity index is 1050. The molecule has 29 heavy (non-hydrogen) atoms. The maximum atomic E-state index is 13.8. The Hall–Kier alpha value is -3.68. The average molecular weight is 394 g/mol. The van der Waals surface area contributed by atoms with Crippen LogP contribution in [0.25, 0.3) is 0 Å². The summed E-state index contributed by atoms with van der Waals surface area (Å²) >= 11 is 0. The number of methoxy groups -OCH3 is 1. The molecule has 0 bridgehead atoms. The molecule has 148 valence electrons. The molecule has 1 atom stereocenters. The fourth-order valence-corrected chi connectivity index (χ4v) is 3.00. The van der Waals surface area contributed by atoms with E-state index in [4.69, 9.17) is 9.57 Å². The van der Waals surface area contributed by atoms with Crippen molar-refractivity contribution < 1.29 is 18.8 Å². The molecule has 1 aliphatic rings. The molecule has 2 aromatic carbocycles. The predicted octanol–water partition coefficient (Wildman–Crippen LogP) is 3.21. The van der Waals surface area contributed by atoms with Gasteiger partial charge in [0.1, 0.15) is 11.6 Å². The highest BCUT2D eigenvalue weighted by Crippen LogP contribution is 2.20. The molecular weight excluding hydrogens is 375 g/mol. The number of rotatable bonds is 6. The van der Waals surface area contributed by atoms with Crippen molar-refractivity contribution in [3.05, 3.63) is 77.7 Å². The predicted molar refractivity (Wildman–Crippen MR) is 105 cm³/mol. The largest absolute Gasteiger partial charge is 0.497 e. The number of anilines is 1. The van der Waals surface area contributed by atoms with Gasteiger partial charge in [0, 0.05) is 24.2 Å². The molecule has 2 heterocycles. The summed E-state index contributed by atoms with van der Waals surface area (Å²) < 4.78 is 20.5. The highest BCUT2D eigenvalue weighted by atomic mass is 19.1. The Balaban J connectivity index is 1.34. The van der Waals surface area contributed by atoms with Crippen molar-refractivity contribution >= 4 is 17.4 Å². The van der Waals surface area contributed by atoms with Crippen molar-refractivity contribution in [1.29, 1.82) is 0 Å². The summed E-state index contributed by atoms with van der Waals surface area (Å²) in [5.41, 5.74) is 2.08. The van der Waals surface area contributed by atoms with Gasteiger partial charge in [-0.15, -0.1) is 0 Å². The van der Waals surface area contributed by atoms with Gasteiger partial charge in [-0.2, -0.15) is 5.10 Å². The smallest absolute Gasteiger partial charge is 0.269 e. The second-order valence-corrected chi connectivity index (χ2v) is 6.54. The van der Waals surface area contributed by atoms with Crippen LogP contribution in [0.5, 0.6) is 5.75 Å². The van der Waals surface area contributed by atoms with Crippen LogP contribution in [0.1, 0.15) is 17.5 Å². The second-order valence-electron chi connectivity index (χ2n) is 6.54. The fraction of sp³-hybridized carbons (Fsp3) is 0.190. The maximum absolute atomic E-state index is 13.8. The van der Waals surface area contributed by atoms with Gasteiger partial charge in [0.05, 0.1) is 19.4 Å². The topological polar surface area (TPSA) is 77.7 Å². The number of oxime groups is 1. The van der Waals surface area contributed by atoms with E-state index in [0.717, 1.165) is 11.3 Å². The summed E-state index contributed by atoms with van der Waals surface area (Å²) in [6.45, 7) is 0.271. The van der Waals surface area contributed by atoms with Crippen molar-refractivity contribution in [3.8, 4) is 5.75 Å². The van der Waals surface area contributed by atoms with Crippen molar-refractivity contribution in [2.75, 3.05) is 12.4 Å². The van der Waals surface area contributed by atoms with Gasteiger partial charge in [0.25, 0.3) is 5.91 Å². The van der Waals surface area contributed by atoms with Crippen molar-refractivity contribution in [1.82, 2.24) is 9.78 Å². The molecule has 4 rings (SSSR count). The number of aromatic nitrogens is 2. The molecule has 0 aliphatic carbocycles. The molecule has 0 fully saturated rings. The molecule has 0 radical (unpaired) electrons. The molecule has 8 heteroatoms. The molecule has 7 nitrogen and oxygen atoms in total. The number of hydrogen-bond donors (Lipinski definition) is 1. The van der Waals surface area contributed by atoms with Crippen LogP contribution in [0.15, 0.2) is 65.9 Å². The van der Waals surface area contributed by atoms with Crippen molar-refractivity contribution in [3.63, 3.8) is 0 Å². The first-order chi connectivity index (χ1) is 14.1. The van der Waals surface area contributed by atoms with Gasteiger partial charge < -0.3 is 14.9 Å². The fourth-order valence-electron chi connectivity index (χ4n) is 3.00. The van der Waals surface area contributed by atoms with Gasteiger partial charge >= 0.3 is 0 Å². The number of halogens is 1. The molecule has 1 amide bonds. The molecular formula is C21H19FN4O3. The number of amides is 1. The molecule has 1 unspecified atom stereocenters. The average Bonchev–Trinajstić information content (AvgIpc) is 3.40. The summed E-state index contributed by atoms with van der Waals surface area (Å²) in [5, 5.41) is 11.0. The lowest BCUT2D eigenvalue weighted by Gasteiger charge is -2.08. The number of carbonyl (C=O) groups excluding carboxylic acids is 1. The van der Waals surface area contributed by atoms with Crippen LogP contribution in [0.4, 0.5) is 10.2 Å². The van der Waals surface area contributed by atoms with Crippen LogP contribution >= 0.6 is 0 Å². The van der Waals surface area contributed by atoms with Gasteiger partial charge in [-0.25, -0.2) is 4.39 Å². The summed E-state index contributed by atoms with van der Waals surface area (Å²) in [6, 6.07) is 15.5. The van der Waals surface area contributed by atoms with Crippen molar-refractivity contribution in [2.24, 2.45) is 5.16 Å². The third-order valence-corrected chi connectivity index (χ3v) is 4.57. The highest BCUT2D eigenvalue weighted by Gasteiger charge is 2.29. The zero-order valence-electron chi connectivity index (χ0n) is 15.7. The number of nitrogens with zero attached hydrogens (tertiary/aromatic N) is 3. The number of ether oxygens (including phenoxy) is 1. The van der Waals surface area contributed by atoms with Crippen LogP contribution in [0.3, 0.4) is 0 Å². The van der Waals surface area contributed by atoms with E-state index >= 15 is 0 Å². The van der Waals surface area contributed by atoms with E-state index in [-0.39, 0.29) is 18.3 Å². The Labute approximate surface area is 166 Å². The summed E-state index contributed by atoms with van der Waals surface area (Å²) in [5.74, 6) is 0.478. The van der Waals surface area contributed by atoms with Gasteiger partial charge in [-0.05, 0) is 35.9 Å². The summed E-state index contributed by atoms with van der Waals surface area (Å²) in [6.07, 6.45) is 1.30. The third kappa shape index (κ3) is 4.26. The number of benzene rings is 2. The lowest BCUT2D eigenvalue weighted by atomic mass is 10.0. The van der Waals surface area contributed by atoms with E-state index < -0.39 is 6.10 Å². The lowest BCUT2D eigenvalue weighted by Crippen LogP contribution is -2.28. The van der Waals surface area contributed by atoms with Gasteiger partial charge in [-0.3, -0.25) is 9.48 Å². The van der Waals surface area contributed by atoms with Gasteiger partial charge in [0.2, 0.25) is 6.10 Å². The lowest BCUT2D eigenvalue weighted by molar-refractivity contribution is -0.125. The Morgan fingerprint density at radius 2 is 2.03 bits per heavy atom. The minimum absolute atomic E-state index is 0.271. The summed E-state index contributed by atoms with van der Waals surface area (Å²) in [7, 11) is 1.60. The van der Waals surface area contributed by atoms with E-state index in [1.54, 1.807) is 42.3 Å². The Kier molecular flexibility index (Phi) is 5.24. The zero-order valence-corrected chi connectivity index (χ0v) is 15.7. The third-order valence-electron chi connectivity index (χ3n) is 4.57. The first kappa shape index (κ1) is 18.7. The van der Waals surface area contributed by atoms with Crippen LogP contribution < -0.4 is 10.1 Å². The normalized spacial score (nSPS) is 15.5. The standard InChI is InChI=1S/C21H19FN4O3/c1-28-16-8-6-14(7-9-16)18-12-19(29-25-18)21(27)23-20-10-11-26(24-20)13-15-4-2-3-5-17(15)22/h2-11,19H,12-13H2,1H3,(H,23,24,27). The summed E-state index contributed by atoms with van der Waals surface area (Å²) in [4.78, 5) is 17.8. The Morgan fingerprint density at radius 3 is 2.79 bits per heavy atom. The second kappa shape index (κ2) is 8.14. The van der Waals surface area contributed by atoms with Gasteiger partial charge in [0.15, 0.2) is 5.82 Å². The SMILES string of the molecule is COc1ccc(C2=NOC(C(=O)Nc3ccn(Cc4ccccc4F)n3)C2)cc1. The number of carbonyl (C=O) groups is 1. The highest BCUT2D eigenvalue weighted by molar-refractivity contribution is 6.06. The molecule has 1 N–H and O–H groups in total. The molecule has 0 spiro atoms. The first-order valence-corrected chi connectivity index (χ1v) is 9.07. The Morgan fingerprint density at radius 1 is 1.24 bits per heavy atom. The number of nitrogens with one attached hydrogen (secondary N) is 1. The van der Waals surface area contributed by atoms with Crippen molar-refractivity contribution in [2.45, 2.75) is 19.1 Å². The maximum Gasteiger partial charge on any atom is 0.269 e. The zero-order chi connectivity index (χ0) is 20.2. The van der Waals surface area contributed by atoms with E-state index in [9.17, 15) is 9.18 Å². The van der Waals surface area contributed by atoms with Crippen LogP contribution in [-0.4, -0.2) is 34.6 Å². The van der Waals surface area contributed by atoms with E-state index in [0.29, 0.717) is 23.5 Å². The first-order valence-electron chi connectivity index (χ1n) is 9.07. The van der Waals surface area contributed by atoms with E-state index in [1.807, 2.05) is 24.3 Å². The molecule has 1 aliphatic heterocycles. The minimum atomic E-state index is -0.733. The molecule has 0 saturated heterocycles. The molecule has 0 saturated carbocycles. The van der Waals surface area contributed by atoms with Gasteiger partial charge in [-0.1, -0.05) is 23.4 Å². The van der Waals surface area contributed by atoms with E-state index in [1.165, 1.54) is 6.07 Å². The van der Waals surface area contributed by atoms with Crippen LogP contribution in [0.2, 0.25) is 0 Å². The molecule has 1 aromatic heterocycles. The minimum Gasteiger partial charge on any atom is -0.497 e. The van der Waals surface area contributed by atoms with Crippen LogP contribution in [0, 0.1) is 5.82 Å². The molecule has 3 aromatic rings. The van der Waals surface area contributed by atoms with Crippen LogP contribution in [-0.2, 0) is 16.2 Å². The monoisotopic (exact) mass is 394 g/mol.